The Kier molecular flexibility index (Phi) is 5.47. The minimum absolute atomic E-state index is 0.174. The van der Waals surface area contributed by atoms with E-state index in [0.29, 0.717) is 0 Å². The molecule has 1 unspecified atom stereocenters. The van der Waals surface area contributed by atoms with Crippen LogP contribution in [0.1, 0.15) is 78.1 Å². The molecule has 4 nitrogen and oxygen atoms in total. The summed E-state index contributed by atoms with van der Waals surface area (Å²) in [5.74, 6) is -0.761. The molecule has 1 atom stereocenters. The molecule has 3 fully saturated rings. The quantitative estimate of drug-likeness (QED) is 0.378. The highest BCUT2D eigenvalue weighted by Crippen LogP contribution is 2.82. The molecule has 0 saturated carbocycles. The van der Waals surface area contributed by atoms with E-state index in [1.54, 1.807) is 0 Å². The second kappa shape index (κ2) is 6.71. The van der Waals surface area contributed by atoms with Crippen LogP contribution in [0, 0.1) is 5.92 Å². The third kappa shape index (κ3) is 3.81. The van der Waals surface area contributed by atoms with E-state index in [1.165, 1.54) is 51.4 Å². The van der Waals surface area contributed by atoms with Crippen LogP contribution < -0.4 is 0 Å². The van der Waals surface area contributed by atoms with Crippen molar-refractivity contribution in [1.82, 2.24) is 0 Å². The molecule has 0 aliphatic carbocycles. The highest BCUT2D eigenvalue weighted by atomic mass is 31.2. The van der Waals surface area contributed by atoms with E-state index >= 15 is 0 Å². The second-order valence-electron chi connectivity index (χ2n) is 5.84. The first-order valence-corrected chi connectivity index (χ1v) is 9.28. The van der Waals surface area contributed by atoms with Gasteiger partial charge in [-0.2, -0.15) is 0 Å². The second-order valence-corrected chi connectivity index (χ2v) is 7.28. The van der Waals surface area contributed by atoms with Crippen LogP contribution in [-0.2, 0) is 18.1 Å². The summed E-state index contributed by atoms with van der Waals surface area (Å²) in [6.45, 7) is 4.29. The first-order chi connectivity index (χ1) is 9.10. The van der Waals surface area contributed by atoms with Gasteiger partial charge in [0.15, 0.2) is 0 Å². The first kappa shape index (κ1) is 15.5. The van der Waals surface area contributed by atoms with E-state index in [4.69, 9.17) is 13.6 Å². The van der Waals surface area contributed by atoms with Gasteiger partial charge in [0.05, 0.1) is 0 Å². The highest BCUT2D eigenvalue weighted by Gasteiger charge is 2.76. The van der Waals surface area contributed by atoms with E-state index in [-0.39, 0.29) is 5.92 Å². The van der Waals surface area contributed by atoms with Crippen LogP contribution in [0.15, 0.2) is 0 Å². The fourth-order valence-corrected chi connectivity index (χ4v) is 4.21. The lowest BCUT2D eigenvalue weighted by Crippen LogP contribution is -2.61. The highest BCUT2D eigenvalue weighted by molar-refractivity contribution is 7.51. The van der Waals surface area contributed by atoms with Gasteiger partial charge in [-0.1, -0.05) is 71.6 Å². The van der Waals surface area contributed by atoms with Gasteiger partial charge in [0.2, 0.25) is 0 Å². The van der Waals surface area contributed by atoms with Crippen LogP contribution in [0.3, 0.4) is 0 Å². The van der Waals surface area contributed by atoms with Crippen molar-refractivity contribution in [3.8, 4) is 0 Å². The van der Waals surface area contributed by atoms with Crippen molar-refractivity contribution < 1.29 is 18.1 Å². The molecule has 0 spiro atoms. The molecule has 19 heavy (non-hydrogen) atoms. The largest absolute Gasteiger partial charge is 0.488 e. The van der Waals surface area contributed by atoms with Gasteiger partial charge in [0, 0.05) is 5.92 Å². The van der Waals surface area contributed by atoms with Gasteiger partial charge in [-0.3, -0.25) is 0 Å². The summed E-state index contributed by atoms with van der Waals surface area (Å²) in [5.41, 5.74) is 0. The Hall–Kier alpha value is 0.110. The first-order valence-electron chi connectivity index (χ1n) is 7.82. The van der Waals surface area contributed by atoms with Crippen LogP contribution in [-0.4, -0.2) is 5.97 Å². The van der Waals surface area contributed by atoms with E-state index in [0.717, 1.165) is 12.8 Å². The molecule has 3 aliphatic heterocycles. The molecule has 0 radical (unpaired) electrons. The molecule has 3 heterocycles. The lowest BCUT2D eigenvalue weighted by molar-refractivity contribution is -0.449. The van der Waals surface area contributed by atoms with Gasteiger partial charge in [-0.05, 0) is 6.42 Å². The molecular formula is C14H27O4P. The molecule has 0 aromatic heterocycles. The SMILES string of the molecule is CCCCCCCCCCCC(C)C12OP(=O)(O1)O2. The summed E-state index contributed by atoms with van der Waals surface area (Å²) in [5, 5.41) is 0. The predicted molar refractivity (Wildman–Crippen MR) is 74.6 cm³/mol. The standard InChI is InChI=1S/C14H27O4P/c1-3-4-5-6-7-8-9-10-11-12-13(2)14-16-19(15,17-14)18-14/h13H,3-12H2,1-2H3. The normalized spacial score (nSPS) is 33.6. The van der Waals surface area contributed by atoms with Crippen molar-refractivity contribution in [2.45, 2.75) is 84.0 Å². The maximum atomic E-state index is 11.1. The Morgan fingerprint density at radius 3 is 1.84 bits per heavy atom. The van der Waals surface area contributed by atoms with Gasteiger partial charge in [-0.15, -0.1) is 0 Å². The summed E-state index contributed by atoms with van der Waals surface area (Å²) < 4.78 is 26.4. The molecule has 3 rings (SSSR count). The lowest BCUT2D eigenvalue weighted by atomic mass is 9.99. The summed E-state index contributed by atoms with van der Waals surface area (Å²) in [6.07, 6.45) is 12.9. The fraction of sp³-hybridized carbons (Fsp3) is 1.00. The molecule has 0 aromatic carbocycles. The van der Waals surface area contributed by atoms with Crippen molar-refractivity contribution in [1.29, 1.82) is 0 Å². The van der Waals surface area contributed by atoms with Crippen molar-refractivity contribution in [2.75, 3.05) is 0 Å². The zero-order valence-corrected chi connectivity index (χ0v) is 13.1. The average molecular weight is 290 g/mol. The fourth-order valence-electron chi connectivity index (χ4n) is 2.70. The van der Waals surface area contributed by atoms with E-state index < -0.39 is 13.8 Å². The van der Waals surface area contributed by atoms with Gasteiger partial charge in [0.25, 0.3) is 0 Å². The lowest BCUT2D eigenvalue weighted by Gasteiger charge is -2.57. The molecule has 3 aliphatic rings. The van der Waals surface area contributed by atoms with Gasteiger partial charge >= 0.3 is 13.8 Å². The number of hydrogen-bond acceptors (Lipinski definition) is 4. The molecule has 0 aromatic rings. The summed E-state index contributed by atoms with van der Waals surface area (Å²) in [6, 6.07) is 0. The minimum atomic E-state index is -3.01. The van der Waals surface area contributed by atoms with Crippen molar-refractivity contribution in [3.05, 3.63) is 0 Å². The van der Waals surface area contributed by atoms with E-state index in [2.05, 4.69) is 6.92 Å². The number of rotatable bonds is 11. The predicted octanol–water partition coefficient (Wildman–Crippen LogP) is 5.38. The third-order valence-corrected chi connectivity index (χ3v) is 5.50. The molecule has 0 N–H and O–H groups in total. The van der Waals surface area contributed by atoms with Crippen LogP contribution in [0.2, 0.25) is 0 Å². The molecule has 112 valence electrons. The van der Waals surface area contributed by atoms with Crippen molar-refractivity contribution >= 4 is 7.82 Å². The summed E-state index contributed by atoms with van der Waals surface area (Å²) in [7, 11) is -3.01. The summed E-state index contributed by atoms with van der Waals surface area (Å²) >= 11 is 0. The average Bonchev–Trinajstić information content (AvgIpc) is 2.31. The van der Waals surface area contributed by atoms with Crippen LogP contribution >= 0.6 is 7.82 Å². The number of phosphoric ester groups is 1. The molecule has 2 bridgehead atoms. The summed E-state index contributed by atoms with van der Waals surface area (Å²) in [4.78, 5) is 0. The molecule has 0 amide bonds. The smallest absolute Gasteiger partial charge is 0.227 e. The van der Waals surface area contributed by atoms with Gasteiger partial charge < -0.3 is 0 Å². The van der Waals surface area contributed by atoms with Crippen molar-refractivity contribution in [3.63, 3.8) is 0 Å². The maximum absolute atomic E-state index is 11.1. The monoisotopic (exact) mass is 290 g/mol. The molecule has 3 saturated heterocycles. The Balaban J connectivity index is 1.39. The van der Waals surface area contributed by atoms with Gasteiger partial charge in [-0.25, -0.2) is 18.1 Å². The number of hydrogen-bond donors (Lipinski definition) is 0. The zero-order valence-electron chi connectivity index (χ0n) is 12.2. The minimum Gasteiger partial charge on any atom is -0.227 e. The van der Waals surface area contributed by atoms with Crippen molar-refractivity contribution in [2.24, 2.45) is 5.92 Å². The van der Waals surface area contributed by atoms with Crippen LogP contribution in [0.4, 0.5) is 0 Å². The van der Waals surface area contributed by atoms with Crippen LogP contribution in [0.5, 0.6) is 0 Å². The van der Waals surface area contributed by atoms with Crippen LogP contribution in [0.25, 0.3) is 0 Å². The maximum Gasteiger partial charge on any atom is 0.488 e. The molecule has 5 heteroatoms. The zero-order chi connectivity index (χ0) is 13.8. The van der Waals surface area contributed by atoms with E-state index in [9.17, 15) is 4.57 Å². The topological polar surface area (TPSA) is 44.8 Å². The Bertz CT molecular complexity index is 305. The molecular weight excluding hydrogens is 263 g/mol. The Labute approximate surface area is 116 Å². The Morgan fingerprint density at radius 2 is 1.37 bits per heavy atom. The Morgan fingerprint density at radius 1 is 0.895 bits per heavy atom. The van der Waals surface area contributed by atoms with E-state index in [1.807, 2.05) is 6.92 Å². The number of unbranched alkanes of at least 4 members (excludes halogenated alkanes) is 8. The number of phosphoric acid groups is 1. The van der Waals surface area contributed by atoms with Gasteiger partial charge in [0.1, 0.15) is 0 Å². The third-order valence-electron chi connectivity index (χ3n) is 4.06.